The van der Waals surface area contributed by atoms with Gasteiger partial charge in [-0.15, -0.1) is 0 Å². The smallest absolute Gasteiger partial charge is 0.305 e. The average molecular weight is 299 g/mol. The summed E-state index contributed by atoms with van der Waals surface area (Å²) in [5, 5.41) is 6.24. The standard InChI is InChI=1S/C15H29N3O3/c1-3-11-18(13-6-9-16-10-7-13)12-14(19)17-8-4-5-15(20)21-2/h13,16H,3-12H2,1-2H3,(H,17,19). The van der Waals surface area contributed by atoms with Gasteiger partial charge in [-0.2, -0.15) is 0 Å². The maximum atomic E-state index is 12.0. The lowest BCUT2D eigenvalue weighted by molar-refractivity contribution is -0.140. The summed E-state index contributed by atoms with van der Waals surface area (Å²) in [7, 11) is 1.38. The first-order valence-electron chi connectivity index (χ1n) is 7.95. The zero-order valence-corrected chi connectivity index (χ0v) is 13.3. The van der Waals surface area contributed by atoms with Gasteiger partial charge in [0.05, 0.1) is 13.7 Å². The predicted molar refractivity (Wildman–Crippen MR) is 82.0 cm³/mol. The van der Waals surface area contributed by atoms with Crippen molar-refractivity contribution in [1.82, 2.24) is 15.5 Å². The fourth-order valence-corrected chi connectivity index (χ4v) is 2.65. The molecule has 1 heterocycles. The number of carbonyl (C=O) groups excluding carboxylic acids is 2. The van der Waals surface area contributed by atoms with Crippen LogP contribution in [0.1, 0.15) is 39.0 Å². The van der Waals surface area contributed by atoms with Crippen molar-refractivity contribution in [3.05, 3.63) is 0 Å². The number of carbonyl (C=O) groups is 2. The summed E-state index contributed by atoms with van der Waals surface area (Å²) < 4.78 is 4.57. The first-order valence-corrected chi connectivity index (χ1v) is 7.95. The molecular formula is C15H29N3O3. The van der Waals surface area contributed by atoms with Crippen LogP contribution in [0, 0.1) is 0 Å². The molecule has 21 heavy (non-hydrogen) atoms. The third kappa shape index (κ3) is 7.43. The highest BCUT2D eigenvalue weighted by molar-refractivity contribution is 5.78. The molecule has 122 valence electrons. The van der Waals surface area contributed by atoms with Crippen LogP contribution in [0.25, 0.3) is 0 Å². The molecule has 0 atom stereocenters. The van der Waals surface area contributed by atoms with Crippen LogP contribution >= 0.6 is 0 Å². The van der Waals surface area contributed by atoms with E-state index in [4.69, 9.17) is 0 Å². The number of piperidine rings is 1. The molecule has 1 aliphatic heterocycles. The van der Waals surface area contributed by atoms with Crippen LogP contribution in [0.2, 0.25) is 0 Å². The molecule has 6 heteroatoms. The fourth-order valence-electron chi connectivity index (χ4n) is 2.65. The Balaban J connectivity index is 2.26. The molecule has 0 saturated carbocycles. The Morgan fingerprint density at radius 3 is 2.67 bits per heavy atom. The minimum Gasteiger partial charge on any atom is -0.469 e. The van der Waals surface area contributed by atoms with Crippen molar-refractivity contribution >= 4 is 11.9 Å². The predicted octanol–water partition coefficient (Wildman–Crippen LogP) is 0.520. The van der Waals surface area contributed by atoms with Gasteiger partial charge in [0.1, 0.15) is 0 Å². The molecule has 0 aromatic heterocycles. The molecule has 1 aliphatic rings. The highest BCUT2D eigenvalue weighted by Crippen LogP contribution is 2.11. The fraction of sp³-hybridized carbons (Fsp3) is 0.867. The lowest BCUT2D eigenvalue weighted by Gasteiger charge is -2.34. The summed E-state index contributed by atoms with van der Waals surface area (Å²) in [6.45, 7) is 6.15. The van der Waals surface area contributed by atoms with Gasteiger partial charge in [-0.1, -0.05) is 6.92 Å². The molecule has 1 fully saturated rings. The van der Waals surface area contributed by atoms with Gasteiger partial charge in [-0.25, -0.2) is 0 Å². The summed E-state index contributed by atoms with van der Waals surface area (Å²) in [5.74, 6) is -0.182. The SMILES string of the molecule is CCCN(CC(=O)NCCCC(=O)OC)C1CCNCC1. The van der Waals surface area contributed by atoms with Crippen LogP contribution in [-0.4, -0.2) is 62.7 Å². The quantitative estimate of drug-likeness (QED) is 0.480. The minimum atomic E-state index is -0.230. The zero-order chi connectivity index (χ0) is 15.5. The van der Waals surface area contributed by atoms with Gasteiger partial charge in [0.2, 0.25) is 5.91 Å². The number of nitrogens with one attached hydrogen (secondary N) is 2. The van der Waals surface area contributed by atoms with Gasteiger partial charge in [0.25, 0.3) is 0 Å². The molecule has 1 rings (SSSR count). The van der Waals surface area contributed by atoms with E-state index < -0.39 is 0 Å². The van der Waals surface area contributed by atoms with Crippen LogP contribution in [0.15, 0.2) is 0 Å². The molecule has 0 aliphatic carbocycles. The second-order valence-corrected chi connectivity index (χ2v) is 5.48. The zero-order valence-electron chi connectivity index (χ0n) is 13.3. The van der Waals surface area contributed by atoms with Gasteiger partial charge in [0, 0.05) is 19.0 Å². The number of hydrogen-bond donors (Lipinski definition) is 2. The second kappa shape index (κ2) is 10.6. The molecule has 1 saturated heterocycles. The van der Waals surface area contributed by atoms with Gasteiger partial charge in [-0.05, 0) is 45.3 Å². The molecule has 6 nitrogen and oxygen atoms in total. The molecule has 0 bridgehead atoms. The molecule has 0 unspecified atom stereocenters. The Hall–Kier alpha value is -1.14. The molecule has 0 aromatic rings. The number of rotatable bonds is 9. The Labute approximate surface area is 127 Å². The lowest BCUT2D eigenvalue weighted by atomic mass is 10.0. The first kappa shape index (κ1) is 17.9. The topological polar surface area (TPSA) is 70.7 Å². The van der Waals surface area contributed by atoms with Gasteiger partial charge < -0.3 is 15.4 Å². The second-order valence-electron chi connectivity index (χ2n) is 5.48. The van der Waals surface area contributed by atoms with Crippen molar-refractivity contribution < 1.29 is 14.3 Å². The molecular weight excluding hydrogens is 270 g/mol. The van der Waals surface area contributed by atoms with E-state index in [-0.39, 0.29) is 11.9 Å². The van der Waals surface area contributed by atoms with Crippen LogP contribution in [-0.2, 0) is 14.3 Å². The van der Waals surface area contributed by atoms with E-state index in [9.17, 15) is 9.59 Å². The van der Waals surface area contributed by atoms with E-state index in [0.717, 1.165) is 38.9 Å². The molecule has 1 amide bonds. The highest BCUT2D eigenvalue weighted by Gasteiger charge is 2.22. The van der Waals surface area contributed by atoms with Crippen molar-refractivity contribution in [2.75, 3.05) is 39.8 Å². The van der Waals surface area contributed by atoms with E-state index in [0.29, 0.717) is 32.0 Å². The van der Waals surface area contributed by atoms with E-state index in [2.05, 4.69) is 27.2 Å². The van der Waals surface area contributed by atoms with Gasteiger partial charge in [0.15, 0.2) is 0 Å². The van der Waals surface area contributed by atoms with Crippen molar-refractivity contribution in [2.24, 2.45) is 0 Å². The van der Waals surface area contributed by atoms with Gasteiger partial charge >= 0.3 is 5.97 Å². The summed E-state index contributed by atoms with van der Waals surface area (Å²) in [4.78, 5) is 25.3. The molecule has 0 aromatic carbocycles. The highest BCUT2D eigenvalue weighted by atomic mass is 16.5. The van der Waals surface area contributed by atoms with E-state index in [1.807, 2.05) is 0 Å². The summed E-state index contributed by atoms with van der Waals surface area (Å²) in [6, 6.07) is 0.506. The van der Waals surface area contributed by atoms with Crippen molar-refractivity contribution in [2.45, 2.75) is 45.1 Å². The van der Waals surface area contributed by atoms with Crippen molar-refractivity contribution in [3.8, 4) is 0 Å². The number of ether oxygens (including phenoxy) is 1. The van der Waals surface area contributed by atoms with Crippen LogP contribution in [0.3, 0.4) is 0 Å². The summed E-state index contributed by atoms with van der Waals surface area (Å²) in [5.41, 5.74) is 0. The Kier molecular flexibility index (Phi) is 9.01. The number of methoxy groups -OCH3 is 1. The number of amides is 1. The normalized spacial score (nSPS) is 16.0. The Morgan fingerprint density at radius 1 is 1.33 bits per heavy atom. The number of hydrogen-bond acceptors (Lipinski definition) is 5. The van der Waals surface area contributed by atoms with Crippen LogP contribution in [0.5, 0.6) is 0 Å². The lowest BCUT2D eigenvalue weighted by Crippen LogP contribution is -2.47. The maximum Gasteiger partial charge on any atom is 0.305 e. The first-order chi connectivity index (χ1) is 10.2. The summed E-state index contributed by atoms with van der Waals surface area (Å²) >= 11 is 0. The third-order valence-corrected chi connectivity index (χ3v) is 3.79. The van der Waals surface area contributed by atoms with E-state index in [1.165, 1.54) is 7.11 Å². The van der Waals surface area contributed by atoms with E-state index in [1.54, 1.807) is 0 Å². The largest absolute Gasteiger partial charge is 0.469 e. The molecule has 0 spiro atoms. The molecule has 2 N–H and O–H groups in total. The Morgan fingerprint density at radius 2 is 2.05 bits per heavy atom. The van der Waals surface area contributed by atoms with E-state index >= 15 is 0 Å². The van der Waals surface area contributed by atoms with Crippen molar-refractivity contribution in [3.63, 3.8) is 0 Å². The maximum absolute atomic E-state index is 12.0. The average Bonchev–Trinajstić information content (AvgIpc) is 2.51. The number of nitrogens with zero attached hydrogens (tertiary/aromatic N) is 1. The van der Waals surface area contributed by atoms with Gasteiger partial charge in [-0.3, -0.25) is 14.5 Å². The van der Waals surface area contributed by atoms with Crippen molar-refractivity contribution in [1.29, 1.82) is 0 Å². The third-order valence-electron chi connectivity index (χ3n) is 3.79. The minimum absolute atomic E-state index is 0.0480. The van der Waals surface area contributed by atoms with Crippen LogP contribution in [0.4, 0.5) is 0 Å². The Bertz CT molecular complexity index is 317. The molecule has 0 radical (unpaired) electrons. The monoisotopic (exact) mass is 299 g/mol. The summed E-state index contributed by atoms with van der Waals surface area (Å²) in [6.07, 6.45) is 4.24. The van der Waals surface area contributed by atoms with Crippen LogP contribution < -0.4 is 10.6 Å². The number of esters is 1.